The van der Waals surface area contributed by atoms with Gasteiger partial charge < -0.3 is 10.6 Å². The van der Waals surface area contributed by atoms with Crippen molar-refractivity contribution < 1.29 is 0 Å². The fourth-order valence-electron chi connectivity index (χ4n) is 4.46. The topological polar surface area (TPSA) is 29.3 Å². The average Bonchev–Trinajstić information content (AvgIpc) is 2.81. The zero-order chi connectivity index (χ0) is 26.5. The van der Waals surface area contributed by atoms with Gasteiger partial charge in [0.1, 0.15) is 0 Å². The molecule has 0 spiro atoms. The lowest BCUT2D eigenvalue weighted by Crippen LogP contribution is -2.26. The Morgan fingerprint density at radius 2 is 1.77 bits per heavy atom. The van der Waals surface area contributed by atoms with Crippen LogP contribution in [0.25, 0.3) is 6.08 Å². The Labute approximate surface area is 216 Å². The molecule has 1 rings (SSSR count). The van der Waals surface area contributed by atoms with Gasteiger partial charge in [-0.15, -0.1) is 6.58 Å². The summed E-state index contributed by atoms with van der Waals surface area (Å²) in [6.45, 7) is 33.5. The Bertz CT molecular complexity index is 986. The van der Waals surface area contributed by atoms with E-state index in [9.17, 15) is 0 Å². The van der Waals surface area contributed by atoms with E-state index in [4.69, 9.17) is 5.73 Å². The first-order valence-electron chi connectivity index (χ1n) is 12.9. The van der Waals surface area contributed by atoms with Gasteiger partial charge in [-0.25, -0.2) is 0 Å². The summed E-state index contributed by atoms with van der Waals surface area (Å²) in [5.41, 5.74) is 16.0. The molecule has 0 radical (unpaired) electrons. The van der Waals surface area contributed by atoms with Crippen molar-refractivity contribution in [3.8, 4) is 0 Å². The maximum Gasteiger partial charge on any atom is 0.0329 e. The van der Waals surface area contributed by atoms with Gasteiger partial charge in [-0.3, -0.25) is 0 Å². The van der Waals surface area contributed by atoms with Crippen molar-refractivity contribution in [2.24, 2.45) is 5.73 Å². The standard InChI is InChI=1S/C33H48N2/c1-11-15-20-35(19-13-3)28(10)31(22-26(8)34)23-29-17-18-30(21-25(29)7)27(9)33(16-12-2)32(14-4)24(5)6/h12,14,17-18,21,23,27H,2,4-5,8,10-11,13,15-16,19-20,22,34H2,1,3,6-7,9H3/b31-23+,33-32+. The van der Waals surface area contributed by atoms with Gasteiger partial charge in [0.2, 0.25) is 0 Å². The van der Waals surface area contributed by atoms with Crippen LogP contribution >= 0.6 is 0 Å². The van der Waals surface area contributed by atoms with Crippen molar-refractivity contribution in [2.45, 2.75) is 72.6 Å². The molecule has 0 saturated heterocycles. The summed E-state index contributed by atoms with van der Waals surface area (Å²) >= 11 is 0. The van der Waals surface area contributed by atoms with Crippen LogP contribution in [0.15, 0.2) is 96.9 Å². The number of benzene rings is 1. The predicted molar refractivity (Wildman–Crippen MR) is 158 cm³/mol. The van der Waals surface area contributed by atoms with Crippen LogP contribution in [-0.2, 0) is 0 Å². The molecule has 2 heteroatoms. The van der Waals surface area contributed by atoms with Crippen LogP contribution in [-0.4, -0.2) is 18.0 Å². The minimum absolute atomic E-state index is 0.238. The summed E-state index contributed by atoms with van der Waals surface area (Å²) < 4.78 is 0. The number of aryl methyl sites for hydroxylation is 1. The van der Waals surface area contributed by atoms with Crippen molar-refractivity contribution in [1.82, 2.24) is 4.90 Å². The number of nitrogens with two attached hydrogens (primary N) is 1. The molecular formula is C33H48N2. The molecule has 0 fully saturated rings. The highest BCUT2D eigenvalue weighted by atomic mass is 15.1. The second-order valence-corrected chi connectivity index (χ2v) is 9.55. The lowest BCUT2D eigenvalue weighted by Gasteiger charge is -2.28. The Balaban J connectivity index is 3.45. The van der Waals surface area contributed by atoms with E-state index in [0.29, 0.717) is 12.1 Å². The van der Waals surface area contributed by atoms with E-state index < -0.39 is 0 Å². The summed E-state index contributed by atoms with van der Waals surface area (Å²) in [7, 11) is 0. The highest BCUT2D eigenvalue weighted by molar-refractivity contribution is 5.62. The Morgan fingerprint density at radius 1 is 1.09 bits per heavy atom. The van der Waals surface area contributed by atoms with Gasteiger partial charge in [0.25, 0.3) is 0 Å². The maximum atomic E-state index is 6.07. The zero-order valence-corrected chi connectivity index (χ0v) is 23.1. The lowest BCUT2D eigenvalue weighted by molar-refractivity contribution is 0.344. The number of rotatable bonds is 16. The molecule has 0 aliphatic rings. The van der Waals surface area contributed by atoms with Crippen LogP contribution in [0.4, 0.5) is 0 Å². The minimum Gasteiger partial charge on any atom is -0.402 e. The third-order valence-corrected chi connectivity index (χ3v) is 6.47. The van der Waals surface area contributed by atoms with E-state index in [-0.39, 0.29) is 5.92 Å². The van der Waals surface area contributed by atoms with Crippen LogP contribution < -0.4 is 5.73 Å². The van der Waals surface area contributed by atoms with Gasteiger partial charge in [0.15, 0.2) is 0 Å². The summed E-state index contributed by atoms with van der Waals surface area (Å²) in [6, 6.07) is 6.73. The number of hydrogen-bond donors (Lipinski definition) is 1. The van der Waals surface area contributed by atoms with E-state index in [1.807, 2.05) is 19.1 Å². The molecule has 0 saturated carbocycles. The average molecular weight is 473 g/mol. The van der Waals surface area contributed by atoms with E-state index in [2.05, 4.69) is 89.8 Å². The van der Waals surface area contributed by atoms with E-state index in [1.54, 1.807) is 0 Å². The number of allylic oxidation sites excluding steroid dienone is 7. The Kier molecular flexibility index (Phi) is 12.9. The number of hydrogen-bond acceptors (Lipinski definition) is 2. The highest BCUT2D eigenvalue weighted by Crippen LogP contribution is 2.33. The largest absolute Gasteiger partial charge is 0.402 e. The molecule has 35 heavy (non-hydrogen) atoms. The first-order chi connectivity index (χ1) is 16.6. The molecule has 0 amide bonds. The Morgan fingerprint density at radius 3 is 2.26 bits per heavy atom. The molecular weight excluding hydrogens is 424 g/mol. The van der Waals surface area contributed by atoms with Crippen LogP contribution in [0, 0.1) is 6.92 Å². The first-order valence-corrected chi connectivity index (χ1v) is 12.9. The maximum absolute atomic E-state index is 6.07. The SMILES string of the molecule is C=CC/C(=C(/C=C)C(=C)C)C(C)c1ccc(/C=C(\CC(=C)N)C(=C)N(CCC)CCCC)c(C)c1. The van der Waals surface area contributed by atoms with Crippen LogP contribution in [0.1, 0.15) is 82.4 Å². The fourth-order valence-corrected chi connectivity index (χ4v) is 4.46. The van der Waals surface area contributed by atoms with Crippen LogP contribution in [0.5, 0.6) is 0 Å². The van der Waals surface area contributed by atoms with Gasteiger partial charge in [-0.1, -0.05) is 95.0 Å². The molecule has 0 heterocycles. The van der Waals surface area contributed by atoms with Crippen molar-refractivity contribution in [2.75, 3.05) is 13.1 Å². The second kappa shape index (κ2) is 15.1. The van der Waals surface area contributed by atoms with Gasteiger partial charge >= 0.3 is 0 Å². The van der Waals surface area contributed by atoms with Crippen molar-refractivity contribution >= 4 is 6.08 Å². The lowest BCUT2D eigenvalue weighted by atomic mass is 9.84. The third-order valence-electron chi connectivity index (χ3n) is 6.47. The van der Waals surface area contributed by atoms with Crippen molar-refractivity contribution in [1.29, 1.82) is 0 Å². The highest BCUT2D eigenvalue weighted by Gasteiger charge is 2.16. The normalized spacial score (nSPS) is 13.0. The summed E-state index contributed by atoms with van der Waals surface area (Å²) in [5.74, 6) is 0.238. The monoisotopic (exact) mass is 472 g/mol. The first kappa shape index (κ1) is 30.0. The fraction of sp³-hybridized carbons (Fsp3) is 0.394. The molecule has 1 aromatic carbocycles. The van der Waals surface area contributed by atoms with Crippen LogP contribution in [0.3, 0.4) is 0 Å². The summed E-state index contributed by atoms with van der Waals surface area (Å²) in [5, 5.41) is 0. The summed E-state index contributed by atoms with van der Waals surface area (Å²) in [4.78, 5) is 2.39. The van der Waals surface area contributed by atoms with Crippen LogP contribution in [0.2, 0.25) is 0 Å². The van der Waals surface area contributed by atoms with Gasteiger partial charge in [-0.2, -0.15) is 0 Å². The second-order valence-electron chi connectivity index (χ2n) is 9.55. The number of unbranched alkanes of at least 4 members (excludes halogenated alkanes) is 1. The molecule has 0 bridgehead atoms. The van der Waals surface area contributed by atoms with E-state index >= 15 is 0 Å². The molecule has 190 valence electrons. The van der Waals surface area contributed by atoms with Gasteiger partial charge in [-0.05, 0) is 67.0 Å². The predicted octanol–water partition coefficient (Wildman–Crippen LogP) is 9.01. The molecule has 1 unspecified atom stereocenters. The smallest absolute Gasteiger partial charge is 0.0329 e. The van der Waals surface area contributed by atoms with E-state index in [0.717, 1.165) is 61.2 Å². The third kappa shape index (κ3) is 8.94. The molecule has 0 aliphatic carbocycles. The van der Waals surface area contributed by atoms with E-state index in [1.165, 1.54) is 22.3 Å². The molecule has 0 aliphatic heterocycles. The van der Waals surface area contributed by atoms with Gasteiger partial charge in [0.05, 0.1) is 0 Å². The van der Waals surface area contributed by atoms with Crippen molar-refractivity contribution in [3.63, 3.8) is 0 Å². The summed E-state index contributed by atoms with van der Waals surface area (Å²) in [6.07, 6.45) is 10.9. The molecule has 2 N–H and O–H groups in total. The van der Waals surface area contributed by atoms with Crippen molar-refractivity contribution in [3.05, 3.63) is 114 Å². The zero-order valence-electron chi connectivity index (χ0n) is 23.1. The molecule has 1 aromatic rings. The Hall–Kier alpha value is -3.00. The minimum atomic E-state index is 0.238. The molecule has 0 aromatic heterocycles. The van der Waals surface area contributed by atoms with Gasteiger partial charge in [0, 0.05) is 36.8 Å². The molecule has 2 nitrogen and oxygen atoms in total. The quantitative estimate of drug-likeness (QED) is 0.192. The number of nitrogens with zero attached hydrogens (tertiary/aromatic N) is 1. The molecule has 1 atom stereocenters.